The van der Waals surface area contributed by atoms with E-state index >= 15 is 0 Å². The molecular formula is C14H17BrN2O2S. The molecule has 0 bridgehead atoms. The summed E-state index contributed by atoms with van der Waals surface area (Å²) in [5.41, 5.74) is 1.15. The molecule has 2 rings (SSSR count). The molecule has 1 fully saturated rings. The molecule has 1 saturated heterocycles. The van der Waals surface area contributed by atoms with Gasteiger partial charge in [0, 0.05) is 10.2 Å². The highest BCUT2D eigenvalue weighted by molar-refractivity contribution is 9.10. The number of halogens is 1. The van der Waals surface area contributed by atoms with E-state index in [1.54, 1.807) is 11.8 Å². The molecule has 0 saturated carbocycles. The van der Waals surface area contributed by atoms with Crippen molar-refractivity contribution in [2.45, 2.75) is 24.9 Å². The Hall–Kier alpha value is -1.01. The third-order valence-electron chi connectivity index (χ3n) is 3.23. The van der Waals surface area contributed by atoms with Gasteiger partial charge < -0.3 is 10.6 Å². The van der Waals surface area contributed by atoms with E-state index in [0.29, 0.717) is 12.2 Å². The van der Waals surface area contributed by atoms with Crippen molar-refractivity contribution in [3.8, 4) is 0 Å². The van der Waals surface area contributed by atoms with Crippen LogP contribution >= 0.6 is 27.7 Å². The van der Waals surface area contributed by atoms with Crippen LogP contribution in [0.4, 0.5) is 0 Å². The number of carbonyl (C=O) groups excluding carboxylic acids is 2. The first-order valence-corrected chi connectivity index (χ1v) is 8.63. The van der Waals surface area contributed by atoms with Crippen molar-refractivity contribution in [2.24, 2.45) is 0 Å². The van der Waals surface area contributed by atoms with Gasteiger partial charge in [-0.1, -0.05) is 28.1 Å². The van der Waals surface area contributed by atoms with Crippen LogP contribution in [0.15, 0.2) is 28.7 Å². The normalized spacial score (nSPS) is 22.3. The van der Waals surface area contributed by atoms with E-state index in [1.807, 2.05) is 30.5 Å². The number of rotatable bonds is 5. The number of nitrogens with one attached hydrogen (secondary N) is 2. The van der Waals surface area contributed by atoms with Crippen LogP contribution in [-0.2, 0) is 16.0 Å². The van der Waals surface area contributed by atoms with Crippen molar-refractivity contribution in [1.82, 2.24) is 10.6 Å². The average Bonchev–Trinajstić information content (AvgIpc) is 2.43. The smallest absolute Gasteiger partial charge is 0.244 e. The molecule has 0 radical (unpaired) electrons. The van der Waals surface area contributed by atoms with Crippen molar-refractivity contribution in [2.75, 3.05) is 12.0 Å². The van der Waals surface area contributed by atoms with E-state index < -0.39 is 12.1 Å². The van der Waals surface area contributed by atoms with Crippen LogP contribution < -0.4 is 10.6 Å². The second-order valence-electron chi connectivity index (χ2n) is 4.74. The molecule has 0 aliphatic carbocycles. The maximum atomic E-state index is 12.0. The van der Waals surface area contributed by atoms with E-state index in [0.717, 1.165) is 16.5 Å². The number of thioether (sulfide) groups is 1. The van der Waals surface area contributed by atoms with Gasteiger partial charge in [0.2, 0.25) is 11.8 Å². The van der Waals surface area contributed by atoms with Crippen molar-refractivity contribution in [3.05, 3.63) is 34.3 Å². The van der Waals surface area contributed by atoms with Gasteiger partial charge in [0.05, 0.1) is 0 Å². The van der Waals surface area contributed by atoms with Gasteiger partial charge in [-0.25, -0.2) is 0 Å². The van der Waals surface area contributed by atoms with Gasteiger partial charge in [-0.3, -0.25) is 9.59 Å². The zero-order chi connectivity index (χ0) is 14.5. The zero-order valence-corrected chi connectivity index (χ0v) is 13.6. The molecule has 108 valence electrons. The minimum Gasteiger partial charge on any atom is -0.342 e. The Morgan fingerprint density at radius 1 is 1.10 bits per heavy atom. The summed E-state index contributed by atoms with van der Waals surface area (Å²) in [5.74, 6) is 0.442. The summed E-state index contributed by atoms with van der Waals surface area (Å²) in [6, 6.07) is 7.16. The first kappa shape index (κ1) is 15.4. The highest BCUT2D eigenvalue weighted by Gasteiger charge is 2.32. The first-order chi connectivity index (χ1) is 9.60. The Morgan fingerprint density at radius 3 is 2.35 bits per heavy atom. The lowest BCUT2D eigenvalue weighted by Crippen LogP contribution is -2.62. The number of amides is 2. The quantitative estimate of drug-likeness (QED) is 0.844. The summed E-state index contributed by atoms with van der Waals surface area (Å²) in [5, 5.41) is 5.59. The Kier molecular flexibility index (Phi) is 5.48. The lowest BCUT2D eigenvalue weighted by atomic mass is 10.0. The molecule has 1 aromatic carbocycles. The molecule has 2 N–H and O–H groups in total. The van der Waals surface area contributed by atoms with Crippen LogP contribution in [0, 0.1) is 0 Å². The lowest BCUT2D eigenvalue weighted by Gasteiger charge is -2.29. The zero-order valence-electron chi connectivity index (χ0n) is 11.2. The molecule has 6 heteroatoms. The maximum Gasteiger partial charge on any atom is 0.244 e. The van der Waals surface area contributed by atoms with Gasteiger partial charge in [0.1, 0.15) is 12.1 Å². The Labute approximate surface area is 131 Å². The van der Waals surface area contributed by atoms with Gasteiger partial charge in [-0.05, 0) is 36.8 Å². The highest BCUT2D eigenvalue weighted by Crippen LogP contribution is 2.13. The van der Waals surface area contributed by atoms with Crippen molar-refractivity contribution in [1.29, 1.82) is 0 Å². The fraction of sp³-hybridized carbons (Fsp3) is 0.429. The standard InChI is InChI=1S/C14H17BrN2O2S/c1-20-8-12-14(19)16-11(13(18)17-12)7-4-9-2-5-10(15)6-3-9/h2-3,5-6,11-12H,4,7-8H2,1H3,(H,16,19)(H,17,18). The predicted molar refractivity (Wildman–Crippen MR) is 84.7 cm³/mol. The topological polar surface area (TPSA) is 58.2 Å². The summed E-state index contributed by atoms with van der Waals surface area (Å²) in [6.07, 6.45) is 3.29. The molecule has 1 aliphatic heterocycles. The Bertz CT molecular complexity index is 492. The molecule has 0 aromatic heterocycles. The molecular weight excluding hydrogens is 340 g/mol. The summed E-state index contributed by atoms with van der Waals surface area (Å²) < 4.78 is 1.03. The van der Waals surface area contributed by atoms with Gasteiger partial charge in [-0.2, -0.15) is 11.8 Å². The maximum absolute atomic E-state index is 12.0. The summed E-state index contributed by atoms with van der Waals surface area (Å²) in [7, 11) is 0. The van der Waals surface area contributed by atoms with Gasteiger partial charge in [0.25, 0.3) is 0 Å². The number of piperazine rings is 1. The first-order valence-electron chi connectivity index (χ1n) is 6.44. The Balaban J connectivity index is 1.89. The van der Waals surface area contributed by atoms with E-state index in [2.05, 4.69) is 26.6 Å². The number of hydrogen-bond donors (Lipinski definition) is 2. The molecule has 2 unspecified atom stereocenters. The fourth-order valence-electron chi connectivity index (χ4n) is 2.13. The van der Waals surface area contributed by atoms with Gasteiger partial charge >= 0.3 is 0 Å². The lowest BCUT2D eigenvalue weighted by molar-refractivity contribution is -0.136. The Morgan fingerprint density at radius 2 is 1.70 bits per heavy atom. The molecule has 1 aromatic rings. The van der Waals surface area contributed by atoms with Crippen molar-refractivity contribution < 1.29 is 9.59 Å². The fourth-order valence-corrected chi connectivity index (χ4v) is 2.96. The summed E-state index contributed by atoms with van der Waals surface area (Å²) >= 11 is 4.94. The van der Waals surface area contributed by atoms with E-state index in [4.69, 9.17) is 0 Å². The molecule has 2 atom stereocenters. The molecule has 1 heterocycles. The minimum absolute atomic E-state index is 0.0826. The number of hydrogen-bond acceptors (Lipinski definition) is 3. The van der Waals surface area contributed by atoms with Crippen LogP contribution in [0.5, 0.6) is 0 Å². The van der Waals surface area contributed by atoms with Crippen molar-refractivity contribution in [3.63, 3.8) is 0 Å². The number of benzene rings is 1. The second-order valence-corrected chi connectivity index (χ2v) is 6.57. The predicted octanol–water partition coefficient (Wildman–Crippen LogP) is 1.73. The van der Waals surface area contributed by atoms with E-state index in [1.165, 1.54) is 0 Å². The molecule has 0 spiro atoms. The van der Waals surface area contributed by atoms with E-state index in [9.17, 15) is 9.59 Å². The van der Waals surface area contributed by atoms with Gasteiger partial charge in [0.15, 0.2) is 0 Å². The molecule has 1 aliphatic rings. The molecule has 2 amide bonds. The second kappa shape index (κ2) is 7.13. The highest BCUT2D eigenvalue weighted by atomic mass is 79.9. The molecule has 4 nitrogen and oxygen atoms in total. The monoisotopic (exact) mass is 356 g/mol. The van der Waals surface area contributed by atoms with Crippen LogP contribution in [0.3, 0.4) is 0 Å². The summed E-state index contributed by atoms with van der Waals surface area (Å²) in [4.78, 5) is 23.8. The van der Waals surface area contributed by atoms with Crippen LogP contribution in [-0.4, -0.2) is 35.9 Å². The minimum atomic E-state index is -0.427. The molecule has 20 heavy (non-hydrogen) atoms. The van der Waals surface area contributed by atoms with Crippen LogP contribution in [0.1, 0.15) is 12.0 Å². The van der Waals surface area contributed by atoms with Crippen molar-refractivity contribution >= 4 is 39.5 Å². The summed E-state index contributed by atoms with van der Waals surface area (Å²) in [6.45, 7) is 0. The number of aryl methyl sites for hydroxylation is 1. The SMILES string of the molecule is CSCC1NC(=O)C(CCc2ccc(Br)cc2)NC1=O. The van der Waals surface area contributed by atoms with Crippen LogP contribution in [0.2, 0.25) is 0 Å². The van der Waals surface area contributed by atoms with Crippen LogP contribution in [0.25, 0.3) is 0 Å². The third-order valence-corrected chi connectivity index (χ3v) is 4.43. The number of carbonyl (C=O) groups is 2. The average molecular weight is 357 g/mol. The third kappa shape index (κ3) is 3.99. The largest absolute Gasteiger partial charge is 0.342 e. The van der Waals surface area contributed by atoms with Gasteiger partial charge in [-0.15, -0.1) is 0 Å². The van der Waals surface area contributed by atoms with E-state index in [-0.39, 0.29) is 11.8 Å².